The molecule has 0 aliphatic rings. The number of hydrogen-bond donors (Lipinski definition) is 2. The third-order valence-electron chi connectivity index (χ3n) is 1.16. The monoisotopic (exact) mass is 160 g/mol. The summed E-state index contributed by atoms with van der Waals surface area (Å²) in [5.74, 6) is 0. The molecule has 2 N–H and O–H groups in total. The van der Waals surface area contributed by atoms with Crippen LogP contribution in [-0.4, -0.2) is 48.1 Å². The molecule has 0 rings (SSSR count). The molecule has 0 atom stereocenters. The fourth-order valence-electron chi connectivity index (χ4n) is 0.654. The maximum Gasteiger partial charge on any atom is 0.0775 e. The number of aliphatic hydroxyl groups is 2. The van der Waals surface area contributed by atoms with Crippen molar-refractivity contribution in [3.8, 4) is 0 Å². The van der Waals surface area contributed by atoms with Crippen molar-refractivity contribution < 1.29 is 10.2 Å². The van der Waals surface area contributed by atoms with E-state index in [0.29, 0.717) is 13.1 Å². The molecule has 0 saturated heterocycles. The van der Waals surface area contributed by atoms with E-state index in [4.69, 9.17) is 15.7 Å². The first kappa shape index (κ1) is 10.2. The highest BCUT2D eigenvalue weighted by atomic mass is 16.3. The van der Waals surface area contributed by atoms with Gasteiger partial charge in [0.1, 0.15) is 0 Å². The summed E-state index contributed by atoms with van der Waals surface area (Å²) in [6, 6.07) is 0. The van der Waals surface area contributed by atoms with Gasteiger partial charge >= 0.3 is 0 Å². The molecule has 0 spiro atoms. The Bertz CT molecular complexity index is 128. The largest absolute Gasteiger partial charge is 0.395 e. The van der Waals surface area contributed by atoms with E-state index in [-0.39, 0.29) is 19.9 Å². The lowest BCUT2D eigenvalue weighted by atomic mass is 10.5. The molecular weight excluding hydrogens is 148 g/mol. The minimum atomic E-state index is 0.000941. The van der Waals surface area contributed by atoms with E-state index >= 15 is 0 Å². The van der Waals surface area contributed by atoms with Crippen LogP contribution in [0.25, 0.3) is 10.4 Å². The van der Waals surface area contributed by atoms with Crippen LogP contribution in [0, 0.1) is 0 Å². The first-order valence-corrected chi connectivity index (χ1v) is 3.30. The molecule has 0 saturated carbocycles. The molecule has 0 heterocycles. The standard InChI is InChI=1S/C5H12N4O2/c6-8-7-5-9(1-3-10)2-4-11/h10-11H,1-5H2. The van der Waals surface area contributed by atoms with Crippen molar-refractivity contribution in [2.45, 2.75) is 0 Å². The van der Waals surface area contributed by atoms with Gasteiger partial charge in [0.25, 0.3) is 0 Å². The smallest absolute Gasteiger partial charge is 0.0775 e. The van der Waals surface area contributed by atoms with Crippen molar-refractivity contribution in [3.63, 3.8) is 0 Å². The van der Waals surface area contributed by atoms with Gasteiger partial charge in [-0.1, -0.05) is 5.11 Å². The van der Waals surface area contributed by atoms with Gasteiger partial charge in [0.05, 0.1) is 19.9 Å². The van der Waals surface area contributed by atoms with Crippen molar-refractivity contribution in [2.24, 2.45) is 5.11 Å². The lowest BCUT2D eigenvalue weighted by molar-refractivity contribution is 0.164. The number of aliphatic hydroxyl groups excluding tert-OH is 2. The van der Waals surface area contributed by atoms with Crippen LogP contribution >= 0.6 is 0 Å². The Labute approximate surface area is 64.7 Å². The van der Waals surface area contributed by atoms with Gasteiger partial charge in [0.2, 0.25) is 0 Å². The molecule has 0 aromatic heterocycles. The Morgan fingerprint density at radius 2 is 1.82 bits per heavy atom. The summed E-state index contributed by atoms with van der Waals surface area (Å²) in [5.41, 5.74) is 7.96. The number of hydrogen-bond acceptors (Lipinski definition) is 4. The Balaban J connectivity index is 3.58. The van der Waals surface area contributed by atoms with Crippen LogP contribution < -0.4 is 0 Å². The number of rotatable bonds is 6. The van der Waals surface area contributed by atoms with Gasteiger partial charge in [0.15, 0.2) is 0 Å². The van der Waals surface area contributed by atoms with Gasteiger partial charge in [-0.05, 0) is 5.53 Å². The predicted octanol–water partition coefficient (Wildman–Crippen LogP) is -0.459. The van der Waals surface area contributed by atoms with Crippen LogP contribution in [0.3, 0.4) is 0 Å². The zero-order valence-electron chi connectivity index (χ0n) is 6.22. The highest BCUT2D eigenvalue weighted by Crippen LogP contribution is 1.86. The van der Waals surface area contributed by atoms with Crippen LogP contribution in [0.1, 0.15) is 0 Å². The van der Waals surface area contributed by atoms with Crippen LogP contribution in [-0.2, 0) is 0 Å². The van der Waals surface area contributed by atoms with Gasteiger partial charge in [0, 0.05) is 18.0 Å². The van der Waals surface area contributed by atoms with Crippen molar-refractivity contribution in [2.75, 3.05) is 33.0 Å². The summed E-state index contributed by atoms with van der Waals surface area (Å²) in [6.07, 6.45) is 0. The zero-order chi connectivity index (χ0) is 8.53. The van der Waals surface area contributed by atoms with Crippen molar-refractivity contribution in [1.29, 1.82) is 0 Å². The maximum atomic E-state index is 8.50. The minimum Gasteiger partial charge on any atom is -0.395 e. The summed E-state index contributed by atoms with van der Waals surface area (Å²) < 4.78 is 0. The predicted molar refractivity (Wildman–Crippen MR) is 39.8 cm³/mol. The first-order chi connectivity index (χ1) is 5.35. The van der Waals surface area contributed by atoms with E-state index < -0.39 is 0 Å². The van der Waals surface area contributed by atoms with E-state index in [9.17, 15) is 0 Å². The molecule has 0 fully saturated rings. The lowest BCUT2D eigenvalue weighted by Crippen LogP contribution is -2.29. The summed E-state index contributed by atoms with van der Waals surface area (Å²) in [6.45, 7) is 1.03. The minimum absolute atomic E-state index is 0.000941. The summed E-state index contributed by atoms with van der Waals surface area (Å²) >= 11 is 0. The molecule has 0 aromatic rings. The van der Waals surface area contributed by atoms with Crippen molar-refractivity contribution in [3.05, 3.63) is 10.4 Å². The number of azide groups is 1. The second-order valence-electron chi connectivity index (χ2n) is 1.94. The Morgan fingerprint density at radius 3 is 2.18 bits per heavy atom. The molecular formula is C5H12N4O2. The lowest BCUT2D eigenvalue weighted by Gasteiger charge is -2.16. The second kappa shape index (κ2) is 7.30. The highest BCUT2D eigenvalue weighted by molar-refractivity contribution is 4.54. The van der Waals surface area contributed by atoms with Gasteiger partial charge in [-0.2, -0.15) is 0 Å². The van der Waals surface area contributed by atoms with Crippen molar-refractivity contribution >= 4 is 0 Å². The van der Waals surface area contributed by atoms with Gasteiger partial charge in [-0.15, -0.1) is 0 Å². The maximum absolute atomic E-state index is 8.50. The first-order valence-electron chi connectivity index (χ1n) is 3.30. The van der Waals surface area contributed by atoms with Crippen molar-refractivity contribution in [1.82, 2.24) is 4.90 Å². The molecule has 0 amide bonds. The molecule has 6 heteroatoms. The van der Waals surface area contributed by atoms with Crippen LogP contribution in [0.15, 0.2) is 5.11 Å². The normalized spacial score (nSPS) is 9.73. The van der Waals surface area contributed by atoms with Gasteiger partial charge in [-0.25, -0.2) is 0 Å². The van der Waals surface area contributed by atoms with E-state index in [1.807, 2.05) is 0 Å². The quantitative estimate of drug-likeness (QED) is 0.313. The third kappa shape index (κ3) is 5.63. The second-order valence-corrected chi connectivity index (χ2v) is 1.94. The third-order valence-corrected chi connectivity index (χ3v) is 1.16. The highest BCUT2D eigenvalue weighted by Gasteiger charge is 1.99. The summed E-state index contributed by atoms with van der Waals surface area (Å²) in [4.78, 5) is 4.21. The van der Waals surface area contributed by atoms with Gasteiger partial charge < -0.3 is 10.2 Å². The van der Waals surface area contributed by atoms with E-state index in [1.165, 1.54) is 0 Å². The molecule has 0 aliphatic heterocycles. The van der Waals surface area contributed by atoms with Crippen LogP contribution in [0.4, 0.5) is 0 Å². The fourth-order valence-corrected chi connectivity index (χ4v) is 0.654. The summed E-state index contributed by atoms with van der Waals surface area (Å²) in [7, 11) is 0. The Kier molecular flexibility index (Phi) is 6.76. The van der Waals surface area contributed by atoms with E-state index in [0.717, 1.165) is 0 Å². The Hall–Kier alpha value is -0.810. The van der Waals surface area contributed by atoms with E-state index in [1.54, 1.807) is 4.90 Å². The molecule has 0 radical (unpaired) electrons. The molecule has 6 nitrogen and oxygen atoms in total. The number of nitrogens with zero attached hydrogens (tertiary/aromatic N) is 4. The zero-order valence-corrected chi connectivity index (χ0v) is 6.22. The molecule has 11 heavy (non-hydrogen) atoms. The SMILES string of the molecule is [N-]=[N+]=NCN(CCO)CCO. The molecule has 0 bridgehead atoms. The van der Waals surface area contributed by atoms with E-state index in [2.05, 4.69) is 10.0 Å². The molecule has 0 aliphatic carbocycles. The summed E-state index contributed by atoms with van der Waals surface area (Å²) in [5, 5.41) is 20.3. The Morgan fingerprint density at radius 1 is 1.27 bits per heavy atom. The fraction of sp³-hybridized carbons (Fsp3) is 1.00. The molecule has 64 valence electrons. The molecule has 0 unspecified atom stereocenters. The average molecular weight is 160 g/mol. The van der Waals surface area contributed by atoms with Gasteiger partial charge in [-0.3, -0.25) is 4.90 Å². The molecule has 0 aromatic carbocycles. The average Bonchev–Trinajstić information content (AvgIpc) is 2.01. The topological polar surface area (TPSA) is 92.5 Å². The van der Waals surface area contributed by atoms with Crippen LogP contribution in [0.5, 0.6) is 0 Å². The van der Waals surface area contributed by atoms with Crippen LogP contribution in [0.2, 0.25) is 0 Å².